The predicted molar refractivity (Wildman–Crippen MR) is 46.4 cm³/mol. The van der Waals surface area contributed by atoms with Crippen LogP contribution < -0.4 is 5.73 Å². The second kappa shape index (κ2) is 6.23. The summed E-state index contributed by atoms with van der Waals surface area (Å²) < 4.78 is 6.75. The molecule has 0 unspecified atom stereocenters. The predicted octanol–water partition coefficient (Wildman–Crippen LogP) is 0.152. The molecule has 0 amide bonds. The van der Waals surface area contributed by atoms with Crippen molar-refractivity contribution >= 4 is 32.5 Å². The Morgan fingerprint density at radius 2 is 2.70 bits per heavy atom. The van der Waals surface area contributed by atoms with Gasteiger partial charge in [-0.25, -0.2) is 0 Å². The number of carbonyl (C=O) groups excluding carboxylic acids is 1. The normalized spacial score (nSPS) is 14.3. The molecule has 1 radical (unpaired) electrons. The number of nitrogens with two attached hydrogens (primary N) is 1. The van der Waals surface area contributed by atoms with Gasteiger partial charge in [0.05, 0.1) is 0 Å². The maximum absolute atomic E-state index is 10.7. The molecule has 0 fully saturated rings. The van der Waals surface area contributed by atoms with Crippen LogP contribution in [0.5, 0.6) is 0 Å². The van der Waals surface area contributed by atoms with Gasteiger partial charge in [0, 0.05) is 0 Å². The fourth-order valence-corrected chi connectivity index (χ4v) is 1.40. The summed E-state index contributed by atoms with van der Waals surface area (Å²) in [6.45, 7) is 2.08. The van der Waals surface area contributed by atoms with E-state index in [1.165, 1.54) is 0 Å². The van der Waals surface area contributed by atoms with Crippen molar-refractivity contribution in [1.82, 2.24) is 0 Å². The number of thioether (sulfide) groups is 1. The van der Waals surface area contributed by atoms with Crippen molar-refractivity contribution in [1.29, 1.82) is 0 Å². The van der Waals surface area contributed by atoms with Crippen LogP contribution in [0.25, 0.3) is 0 Å². The first kappa shape index (κ1) is 8.59. The summed E-state index contributed by atoms with van der Waals surface area (Å²) in [5.74, 6) is 1.99. The monoisotopic (exact) mass is 227 g/mol. The van der Waals surface area contributed by atoms with E-state index in [1.54, 1.807) is 11.8 Å². The average molecular weight is 226 g/mol. The average Bonchev–Trinajstić information content (AvgIpc) is 1.97. The van der Waals surface area contributed by atoms with Crippen LogP contribution >= 0.6 is 11.8 Å². The Kier molecular flexibility index (Phi) is 5.35. The minimum absolute atomic E-state index is 0.0725. The van der Waals surface area contributed by atoms with Crippen LogP contribution in [0.3, 0.4) is 0 Å². The van der Waals surface area contributed by atoms with E-state index in [9.17, 15) is 4.79 Å². The first-order chi connectivity index (χ1) is 5.22. The van der Waals surface area contributed by atoms with Crippen LogP contribution in [0.2, 0.25) is 1.41 Å². The van der Waals surface area contributed by atoms with E-state index in [-0.39, 0.29) is 10.7 Å². The summed E-state index contributed by atoms with van der Waals surface area (Å²) in [7, 11) is 0. The van der Waals surface area contributed by atoms with E-state index in [1.807, 2.05) is 0 Å². The van der Waals surface area contributed by atoms with Gasteiger partial charge in [-0.15, -0.1) is 0 Å². The molecule has 0 aromatic rings. The molecular formula is C6H12NOSSe. The number of hydrogen-bond acceptors (Lipinski definition) is 3. The Balaban J connectivity index is 3.44. The summed E-state index contributed by atoms with van der Waals surface area (Å²) in [5.41, 5.74) is 2.22. The molecule has 0 spiro atoms. The molecule has 0 aromatic carbocycles. The van der Waals surface area contributed by atoms with E-state index in [2.05, 4.69) is 28.7 Å². The molecule has 0 heterocycles. The molecule has 59 valence electrons. The molecule has 4 heteroatoms. The fourth-order valence-electron chi connectivity index (χ4n) is 0.463. The zero-order valence-electron chi connectivity index (χ0n) is 6.92. The van der Waals surface area contributed by atoms with Gasteiger partial charge in [-0.05, 0) is 0 Å². The van der Waals surface area contributed by atoms with Gasteiger partial charge >= 0.3 is 75.3 Å². The van der Waals surface area contributed by atoms with E-state index in [0.29, 0.717) is 0 Å². The van der Waals surface area contributed by atoms with Gasteiger partial charge in [-0.3, -0.25) is 0 Å². The third kappa shape index (κ3) is 5.30. The van der Waals surface area contributed by atoms with Gasteiger partial charge in [0.15, 0.2) is 0 Å². The van der Waals surface area contributed by atoms with Gasteiger partial charge in [0.25, 0.3) is 0 Å². The summed E-state index contributed by atoms with van der Waals surface area (Å²) in [6.07, 6.45) is 0.730. The Bertz CT molecular complexity index is 125. The zero-order chi connectivity index (χ0) is 8.69. The molecule has 0 saturated heterocycles. The van der Waals surface area contributed by atoms with Gasteiger partial charge in [-0.1, -0.05) is 0 Å². The van der Waals surface area contributed by atoms with E-state index in [4.69, 9.17) is 1.41 Å². The molecule has 0 aromatic heterocycles. The second-order valence-electron chi connectivity index (χ2n) is 1.86. The van der Waals surface area contributed by atoms with Crippen molar-refractivity contribution in [2.45, 2.75) is 19.4 Å². The molecular weight excluding hydrogens is 213 g/mol. The van der Waals surface area contributed by atoms with Gasteiger partial charge < -0.3 is 0 Å². The number of hydrogen-bond donors (Lipinski definition) is 1. The summed E-state index contributed by atoms with van der Waals surface area (Å²) in [5, 5.41) is 0. The van der Waals surface area contributed by atoms with Crippen LogP contribution in [0.1, 0.15) is 13.3 Å². The summed E-state index contributed by atoms with van der Waals surface area (Å²) >= 11 is 4.17. The van der Waals surface area contributed by atoms with Crippen LogP contribution in [0.15, 0.2) is 0 Å². The van der Waals surface area contributed by atoms with E-state index >= 15 is 0 Å². The first-order valence-corrected chi connectivity index (χ1v) is 5.19. The summed E-state index contributed by atoms with van der Waals surface area (Å²) in [4.78, 5) is 10.7. The molecule has 0 bridgehead atoms. The molecule has 0 rings (SSSR count). The minimum atomic E-state index is -0.325. The molecule has 0 aliphatic rings. The third-order valence-electron chi connectivity index (χ3n) is 1.04. The van der Waals surface area contributed by atoms with Crippen molar-refractivity contribution < 1.29 is 6.21 Å². The second-order valence-corrected chi connectivity index (χ2v) is 4.10. The van der Waals surface area contributed by atoms with Crippen molar-refractivity contribution in [2.24, 2.45) is 5.73 Å². The first-order valence-electron chi connectivity index (χ1n) is 3.68. The molecule has 1 atom stereocenters. The molecule has 0 aliphatic heterocycles. The number of rotatable bonds is 6. The van der Waals surface area contributed by atoms with Crippen LogP contribution in [-0.4, -0.2) is 38.2 Å². The van der Waals surface area contributed by atoms with Gasteiger partial charge in [0.2, 0.25) is 0 Å². The standard InChI is InChI=1S/C6H12NOSSe/c1-2-9-4-3-5(7)6(8)10/h5H,2-4,7H2,1H3/t5-/m0/s1/i/hD. The van der Waals surface area contributed by atoms with Crippen LogP contribution in [0, 0.1) is 0 Å². The molecule has 0 saturated carbocycles. The topological polar surface area (TPSA) is 43.1 Å². The quantitative estimate of drug-likeness (QED) is 0.518. The third-order valence-corrected chi connectivity index (χ3v) is 2.57. The van der Waals surface area contributed by atoms with Gasteiger partial charge in [0.1, 0.15) is 0 Å². The maximum atomic E-state index is 10.7. The molecule has 2 N–H and O–H groups in total. The Hall–Kier alpha value is 0.499. The SMILES string of the molecule is [2H]N[C@@H](CCSCC)C(=O)[Se]. The Morgan fingerprint density at radius 3 is 3.10 bits per heavy atom. The van der Waals surface area contributed by atoms with Crippen LogP contribution in [0.4, 0.5) is 0 Å². The fraction of sp³-hybridized carbons (Fsp3) is 0.833. The van der Waals surface area contributed by atoms with Crippen molar-refractivity contribution in [3.05, 3.63) is 0 Å². The Morgan fingerprint density at radius 1 is 2.00 bits per heavy atom. The van der Waals surface area contributed by atoms with Crippen molar-refractivity contribution in [3.8, 4) is 0 Å². The molecule has 0 aliphatic carbocycles. The summed E-state index contributed by atoms with van der Waals surface area (Å²) in [6, 6.07) is -0.325. The van der Waals surface area contributed by atoms with Crippen molar-refractivity contribution in [2.75, 3.05) is 11.5 Å². The number of carbonyl (C=O) groups is 1. The van der Waals surface area contributed by atoms with Gasteiger partial charge in [-0.2, -0.15) is 0 Å². The Labute approximate surface area is 75.6 Å². The van der Waals surface area contributed by atoms with Crippen LogP contribution in [-0.2, 0) is 4.79 Å². The van der Waals surface area contributed by atoms with E-state index in [0.717, 1.165) is 17.9 Å². The van der Waals surface area contributed by atoms with Crippen molar-refractivity contribution in [3.63, 3.8) is 0 Å². The molecule has 2 nitrogen and oxygen atoms in total. The molecule has 10 heavy (non-hydrogen) atoms. The zero-order valence-corrected chi connectivity index (χ0v) is 8.45. The van der Waals surface area contributed by atoms with E-state index < -0.39 is 0 Å².